The largest absolute Gasteiger partial charge is 0.478 e. The Labute approximate surface area is 122 Å². The molecule has 7 heteroatoms. The van der Waals surface area contributed by atoms with Gasteiger partial charge in [0.05, 0.1) is 11.5 Å². The number of hydrogen-bond donors (Lipinski definition) is 1. The minimum Gasteiger partial charge on any atom is -0.478 e. The molecule has 1 aromatic rings. The summed E-state index contributed by atoms with van der Waals surface area (Å²) in [6.07, 6.45) is 2.31. The van der Waals surface area contributed by atoms with Crippen LogP contribution >= 0.6 is 0 Å². The Kier molecular flexibility index (Phi) is 4.74. The monoisotopic (exact) mass is 313 g/mol. The Morgan fingerprint density at radius 3 is 2.62 bits per heavy atom. The van der Waals surface area contributed by atoms with Crippen molar-refractivity contribution in [2.45, 2.75) is 6.54 Å². The van der Waals surface area contributed by atoms with Gasteiger partial charge in [0.2, 0.25) is 0 Å². The standard InChI is InChI=1S/C14H16FNO4S/c15-13-3-1-12(11(9-13)2-4-14(17)18)10-16-5-7-21(19,20)8-6-16/h1-4,9H,5-8,10H2,(H,17,18). The molecular formula is C14H16FNO4S. The van der Waals surface area contributed by atoms with Gasteiger partial charge >= 0.3 is 5.97 Å². The lowest BCUT2D eigenvalue weighted by molar-refractivity contribution is -0.131. The summed E-state index contributed by atoms with van der Waals surface area (Å²) in [6.45, 7) is 1.33. The maximum absolute atomic E-state index is 13.3. The van der Waals surface area contributed by atoms with Gasteiger partial charge in [0.25, 0.3) is 0 Å². The lowest BCUT2D eigenvalue weighted by Gasteiger charge is -2.27. The molecule has 1 aromatic carbocycles. The van der Waals surface area contributed by atoms with E-state index in [4.69, 9.17) is 5.11 Å². The predicted molar refractivity (Wildman–Crippen MR) is 77.0 cm³/mol. The average Bonchev–Trinajstić information content (AvgIpc) is 2.41. The Bertz CT molecular complexity index is 656. The van der Waals surface area contributed by atoms with Crippen LogP contribution in [-0.2, 0) is 21.2 Å². The molecule has 0 spiro atoms. The van der Waals surface area contributed by atoms with E-state index in [0.717, 1.165) is 11.6 Å². The van der Waals surface area contributed by atoms with Crippen LogP contribution in [0.2, 0.25) is 0 Å². The summed E-state index contributed by atoms with van der Waals surface area (Å²) in [6, 6.07) is 4.18. The molecule has 0 aliphatic carbocycles. The van der Waals surface area contributed by atoms with Crippen LogP contribution in [-0.4, -0.2) is 49.0 Å². The van der Waals surface area contributed by atoms with Gasteiger partial charge in [0.15, 0.2) is 9.84 Å². The first-order chi connectivity index (χ1) is 9.85. The number of halogens is 1. The van der Waals surface area contributed by atoms with Crippen molar-refractivity contribution < 1.29 is 22.7 Å². The van der Waals surface area contributed by atoms with Crippen LogP contribution in [0, 0.1) is 5.82 Å². The smallest absolute Gasteiger partial charge is 0.328 e. The summed E-state index contributed by atoms with van der Waals surface area (Å²) in [4.78, 5) is 12.5. The highest BCUT2D eigenvalue weighted by atomic mass is 32.2. The zero-order valence-electron chi connectivity index (χ0n) is 11.3. The lowest BCUT2D eigenvalue weighted by Crippen LogP contribution is -2.39. The molecule has 114 valence electrons. The van der Waals surface area contributed by atoms with Gasteiger partial charge in [-0.1, -0.05) is 6.07 Å². The number of nitrogens with zero attached hydrogens (tertiary/aromatic N) is 1. The van der Waals surface area contributed by atoms with E-state index in [1.165, 1.54) is 18.2 Å². The highest BCUT2D eigenvalue weighted by Crippen LogP contribution is 2.17. The van der Waals surface area contributed by atoms with Crippen LogP contribution in [0.15, 0.2) is 24.3 Å². The maximum Gasteiger partial charge on any atom is 0.328 e. The molecule has 0 aromatic heterocycles. The molecule has 2 rings (SSSR count). The second-order valence-electron chi connectivity index (χ2n) is 4.94. The molecule has 5 nitrogen and oxygen atoms in total. The number of hydrogen-bond acceptors (Lipinski definition) is 4. The van der Waals surface area contributed by atoms with Crippen molar-refractivity contribution in [3.63, 3.8) is 0 Å². The molecule has 1 saturated heterocycles. The van der Waals surface area contributed by atoms with Crippen molar-refractivity contribution in [3.05, 3.63) is 41.2 Å². The average molecular weight is 313 g/mol. The summed E-state index contributed by atoms with van der Waals surface area (Å²) in [5, 5.41) is 8.66. The number of sulfone groups is 1. The molecule has 0 bridgehead atoms. The minimum atomic E-state index is -2.94. The van der Waals surface area contributed by atoms with Crippen LogP contribution in [0.4, 0.5) is 4.39 Å². The minimum absolute atomic E-state index is 0.120. The summed E-state index contributed by atoms with van der Waals surface area (Å²) in [5.41, 5.74) is 1.26. The Balaban J connectivity index is 2.14. The molecule has 0 saturated carbocycles. The van der Waals surface area contributed by atoms with Crippen molar-refractivity contribution in [1.82, 2.24) is 4.90 Å². The SMILES string of the molecule is O=C(O)C=Cc1cc(F)ccc1CN1CCS(=O)(=O)CC1. The first-order valence-electron chi connectivity index (χ1n) is 6.48. The van der Waals surface area contributed by atoms with Crippen molar-refractivity contribution in [1.29, 1.82) is 0 Å². The third-order valence-corrected chi connectivity index (χ3v) is 4.95. The molecule has 0 amide bonds. The molecule has 1 aliphatic heterocycles. The molecule has 1 fully saturated rings. The first-order valence-corrected chi connectivity index (χ1v) is 8.30. The van der Waals surface area contributed by atoms with E-state index in [1.54, 1.807) is 6.07 Å². The van der Waals surface area contributed by atoms with Crippen LogP contribution in [0.5, 0.6) is 0 Å². The number of benzene rings is 1. The Morgan fingerprint density at radius 2 is 2.00 bits per heavy atom. The van der Waals surface area contributed by atoms with Crippen molar-refractivity contribution in [3.8, 4) is 0 Å². The Morgan fingerprint density at radius 1 is 1.33 bits per heavy atom. The van der Waals surface area contributed by atoms with E-state index < -0.39 is 21.6 Å². The first kappa shape index (κ1) is 15.7. The predicted octanol–water partition coefficient (Wildman–Crippen LogP) is 1.15. The molecule has 0 unspecified atom stereocenters. The van der Waals surface area contributed by atoms with Gasteiger partial charge < -0.3 is 5.11 Å². The fraction of sp³-hybridized carbons (Fsp3) is 0.357. The number of carbonyl (C=O) groups is 1. The third-order valence-electron chi connectivity index (χ3n) is 3.34. The van der Waals surface area contributed by atoms with Gasteiger partial charge in [0, 0.05) is 25.7 Å². The van der Waals surface area contributed by atoms with E-state index in [0.29, 0.717) is 25.2 Å². The van der Waals surface area contributed by atoms with Gasteiger partial charge in [0.1, 0.15) is 5.82 Å². The second-order valence-corrected chi connectivity index (χ2v) is 7.25. The molecule has 0 radical (unpaired) electrons. The quantitative estimate of drug-likeness (QED) is 0.844. The van der Waals surface area contributed by atoms with Crippen molar-refractivity contribution in [2.24, 2.45) is 0 Å². The molecule has 1 aliphatic rings. The number of rotatable bonds is 4. The van der Waals surface area contributed by atoms with Crippen LogP contribution in [0.1, 0.15) is 11.1 Å². The molecule has 1 N–H and O–H groups in total. The Hall–Kier alpha value is -1.73. The highest BCUT2D eigenvalue weighted by Gasteiger charge is 2.21. The fourth-order valence-corrected chi connectivity index (χ4v) is 3.45. The van der Waals surface area contributed by atoms with Gasteiger partial charge in [-0.05, 0) is 29.3 Å². The van der Waals surface area contributed by atoms with Gasteiger partial charge in [-0.2, -0.15) is 0 Å². The van der Waals surface area contributed by atoms with E-state index >= 15 is 0 Å². The maximum atomic E-state index is 13.3. The van der Waals surface area contributed by atoms with Crippen LogP contribution in [0.25, 0.3) is 6.08 Å². The zero-order valence-corrected chi connectivity index (χ0v) is 12.1. The second kappa shape index (κ2) is 6.36. The molecule has 21 heavy (non-hydrogen) atoms. The molecular weight excluding hydrogens is 297 g/mol. The zero-order chi connectivity index (χ0) is 15.5. The summed E-state index contributed by atoms with van der Waals surface area (Å²) >= 11 is 0. The number of aliphatic carboxylic acids is 1. The molecule has 0 atom stereocenters. The summed E-state index contributed by atoms with van der Waals surface area (Å²) < 4.78 is 36.0. The number of carboxylic acids is 1. The van der Waals surface area contributed by atoms with Gasteiger partial charge in [-0.3, -0.25) is 4.90 Å². The van der Waals surface area contributed by atoms with E-state index in [-0.39, 0.29) is 11.5 Å². The third kappa shape index (κ3) is 4.64. The summed E-state index contributed by atoms with van der Waals surface area (Å²) in [5.74, 6) is -1.30. The highest BCUT2D eigenvalue weighted by molar-refractivity contribution is 7.91. The lowest BCUT2D eigenvalue weighted by atomic mass is 10.1. The van der Waals surface area contributed by atoms with Gasteiger partial charge in [-0.25, -0.2) is 17.6 Å². The topological polar surface area (TPSA) is 74.7 Å². The van der Waals surface area contributed by atoms with Crippen LogP contribution < -0.4 is 0 Å². The van der Waals surface area contributed by atoms with Crippen molar-refractivity contribution >= 4 is 21.9 Å². The molecule has 1 heterocycles. The van der Waals surface area contributed by atoms with Crippen LogP contribution in [0.3, 0.4) is 0 Å². The number of carboxylic acid groups (broad SMARTS) is 1. The normalized spacial score (nSPS) is 18.9. The van der Waals surface area contributed by atoms with Gasteiger partial charge in [-0.15, -0.1) is 0 Å². The van der Waals surface area contributed by atoms with E-state index in [2.05, 4.69) is 0 Å². The summed E-state index contributed by atoms with van der Waals surface area (Å²) in [7, 11) is -2.94. The van der Waals surface area contributed by atoms with E-state index in [9.17, 15) is 17.6 Å². The van der Waals surface area contributed by atoms with Crippen molar-refractivity contribution in [2.75, 3.05) is 24.6 Å². The van der Waals surface area contributed by atoms with E-state index in [1.807, 2.05) is 4.90 Å². The fourth-order valence-electron chi connectivity index (χ4n) is 2.18.